The summed E-state index contributed by atoms with van der Waals surface area (Å²) >= 11 is 1.84. The van der Waals surface area contributed by atoms with Gasteiger partial charge in [-0.15, -0.1) is 12.4 Å². The molecule has 0 aromatic heterocycles. The number of ether oxygens (including phenoxy) is 1. The summed E-state index contributed by atoms with van der Waals surface area (Å²) in [5.41, 5.74) is 0.884. The average molecular weight is 360 g/mol. The van der Waals surface area contributed by atoms with E-state index in [2.05, 4.69) is 16.0 Å². The van der Waals surface area contributed by atoms with E-state index in [0.717, 1.165) is 18.1 Å². The molecule has 0 saturated carbocycles. The van der Waals surface area contributed by atoms with Crippen LogP contribution in [0.5, 0.6) is 5.75 Å². The second-order valence-electron chi connectivity index (χ2n) is 4.97. The Kier molecular flexibility index (Phi) is 8.22. The fraction of sp³-hybridized carbons (Fsp3) is 0.467. The molecule has 1 aliphatic heterocycles. The third kappa shape index (κ3) is 5.60. The first-order valence-electron chi connectivity index (χ1n) is 7.15. The van der Waals surface area contributed by atoms with Crippen LogP contribution in [0.3, 0.4) is 0 Å². The Hall–Kier alpha value is -1.44. The van der Waals surface area contributed by atoms with Gasteiger partial charge in [0.1, 0.15) is 5.75 Å². The van der Waals surface area contributed by atoms with Crippen molar-refractivity contribution in [2.24, 2.45) is 0 Å². The summed E-state index contributed by atoms with van der Waals surface area (Å²) in [7, 11) is 3.09. The van der Waals surface area contributed by atoms with Gasteiger partial charge >= 0.3 is 0 Å². The van der Waals surface area contributed by atoms with Gasteiger partial charge in [0, 0.05) is 37.6 Å². The van der Waals surface area contributed by atoms with Gasteiger partial charge < -0.3 is 20.7 Å². The maximum atomic E-state index is 12.2. The summed E-state index contributed by atoms with van der Waals surface area (Å²) in [4.78, 5) is 24.1. The molecular weight excluding hydrogens is 338 g/mol. The van der Waals surface area contributed by atoms with Crippen molar-refractivity contribution in [1.82, 2.24) is 10.6 Å². The van der Waals surface area contributed by atoms with Crippen LogP contribution in [0.2, 0.25) is 0 Å². The van der Waals surface area contributed by atoms with E-state index in [9.17, 15) is 9.59 Å². The van der Waals surface area contributed by atoms with E-state index >= 15 is 0 Å². The van der Waals surface area contributed by atoms with Gasteiger partial charge in [0.05, 0.1) is 18.4 Å². The van der Waals surface area contributed by atoms with Gasteiger partial charge in [0.25, 0.3) is 5.91 Å². The number of methoxy groups -OCH3 is 1. The van der Waals surface area contributed by atoms with Crippen LogP contribution in [0.4, 0.5) is 5.69 Å². The van der Waals surface area contributed by atoms with Gasteiger partial charge in [0.15, 0.2) is 0 Å². The minimum Gasteiger partial charge on any atom is -0.497 e. The lowest BCUT2D eigenvalue weighted by atomic mass is 10.1. The van der Waals surface area contributed by atoms with Crippen molar-refractivity contribution in [1.29, 1.82) is 0 Å². The van der Waals surface area contributed by atoms with Crippen LogP contribution in [-0.4, -0.2) is 50.1 Å². The van der Waals surface area contributed by atoms with Crippen LogP contribution < -0.4 is 20.7 Å². The minimum atomic E-state index is -0.263. The number of thioether (sulfide) groups is 1. The number of benzene rings is 1. The Bertz CT molecular complexity index is 551. The predicted molar refractivity (Wildman–Crippen MR) is 96.0 cm³/mol. The Morgan fingerprint density at radius 2 is 2.22 bits per heavy atom. The molecule has 1 fully saturated rings. The summed E-state index contributed by atoms with van der Waals surface area (Å²) in [6, 6.07) is 5.20. The molecule has 23 heavy (non-hydrogen) atoms. The maximum Gasteiger partial charge on any atom is 0.253 e. The first-order chi connectivity index (χ1) is 10.6. The second-order valence-corrected chi connectivity index (χ2v) is 6.12. The third-order valence-electron chi connectivity index (χ3n) is 3.40. The average Bonchev–Trinajstić information content (AvgIpc) is 2.55. The van der Waals surface area contributed by atoms with E-state index in [-0.39, 0.29) is 30.3 Å². The van der Waals surface area contributed by atoms with Crippen LogP contribution in [0, 0.1) is 0 Å². The molecule has 2 amide bonds. The van der Waals surface area contributed by atoms with Crippen molar-refractivity contribution < 1.29 is 14.3 Å². The van der Waals surface area contributed by atoms with E-state index in [1.807, 2.05) is 11.8 Å². The monoisotopic (exact) mass is 359 g/mol. The Balaban J connectivity index is 0.00000264. The van der Waals surface area contributed by atoms with Gasteiger partial charge in [-0.2, -0.15) is 11.8 Å². The summed E-state index contributed by atoms with van der Waals surface area (Å²) in [6.45, 7) is 0.925. The minimum absolute atomic E-state index is 0. The third-order valence-corrected chi connectivity index (χ3v) is 4.53. The zero-order valence-electron chi connectivity index (χ0n) is 13.2. The Morgan fingerprint density at radius 3 is 2.83 bits per heavy atom. The number of carbonyl (C=O) groups is 2. The van der Waals surface area contributed by atoms with Gasteiger partial charge in [-0.3, -0.25) is 9.59 Å². The number of hydrogen-bond acceptors (Lipinski definition) is 5. The molecule has 1 atom stereocenters. The molecule has 1 aromatic rings. The molecule has 1 heterocycles. The molecule has 0 radical (unpaired) electrons. The van der Waals surface area contributed by atoms with Crippen molar-refractivity contribution in [2.45, 2.75) is 12.5 Å². The van der Waals surface area contributed by atoms with Crippen LogP contribution in [-0.2, 0) is 4.79 Å². The van der Waals surface area contributed by atoms with Crippen molar-refractivity contribution in [3.63, 3.8) is 0 Å². The predicted octanol–water partition coefficient (Wildman–Crippen LogP) is 1.51. The molecule has 128 valence electrons. The molecule has 8 heteroatoms. The first kappa shape index (κ1) is 19.6. The lowest BCUT2D eigenvalue weighted by Gasteiger charge is -2.22. The van der Waals surface area contributed by atoms with E-state index < -0.39 is 0 Å². The van der Waals surface area contributed by atoms with Crippen LogP contribution in [0.25, 0.3) is 0 Å². The highest BCUT2D eigenvalue weighted by atomic mass is 35.5. The van der Waals surface area contributed by atoms with Gasteiger partial charge in [-0.25, -0.2) is 0 Å². The molecule has 1 aliphatic rings. The lowest BCUT2D eigenvalue weighted by molar-refractivity contribution is -0.116. The molecule has 0 spiro atoms. The zero-order chi connectivity index (χ0) is 15.9. The largest absolute Gasteiger partial charge is 0.497 e. The molecule has 6 nitrogen and oxygen atoms in total. The summed E-state index contributed by atoms with van der Waals surface area (Å²) in [5, 5.41) is 8.71. The zero-order valence-corrected chi connectivity index (χ0v) is 14.8. The normalized spacial score (nSPS) is 16.9. The number of anilines is 1. The molecule has 1 saturated heterocycles. The first-order valence-corrected chi connectivity index (χ1v) is 8.30. The van der Waals surface area contributed by atoms with Crippen LogP contribution in [0.1, 0.15) is 16.8 Å². The van der Waals surface area contributed by atoms with Gasteiger partial charge in [-0.05, 0) is 18.2 Å². The number of hydrogen-bond donors (Lipinski definition) is 3. The van der Waals surface area contributed by atoms with E-state index in [1.165, 1.54) is 7.11 Å². The number of rotatable bonds is 5. The smallest absolute Gasteiger partial charge is 0.253 e. The molecule has 1 unspecified atom stereocenters. The topological polar surface area (TPSA) is 79.5 Å². The van der Waals surface area contributed by atoms with Crippen molar-refractivity contribution in [3.8, 4) is 5.75 Å². The lowest BCUT2D eigenvalue weighted by Crippen LogP contribution is -2.40. The highest BCUT2D eigenvalue weighted by Crippen LogP contribution is 2.22. The quantitative estimate of drug-likeness (QED) is 0.742. The highest BCUT2D eigenvalue weighted by Gasteiger charge is 2.19. The van der Waals surface area contributed by atoms with E-state index in [0.29, 0.717) is 23.4 Å². The number of amides is 2. The van der Waals surface area contributed by atoms with Crippen molar-refractivity contribution >= 4 is 41.7 Å². The Labute approximate surface area is 146 Å². The number of carbonyl (C=O) groups excluding carboxylic acids is 2. The number of nitrogens with one attached hydrogen (secondary N) is 3. The van der Waals surface area contributed by atoms with E-state index in [4.69, 9.17) is 4.74 Å². The molecule has 1 aromatic carbocycles. The summed E-state index contributed by atoms with van der Waals surface area (Å²) < 4.78 is 5.13. The molecule has 3 N–H and O–H groups in total. The maximum absolute atomic E-state index is 12.2. The summed E-state index contributed by atoms with van der Waals surface area (Å²) in [5.74, 6) is 2.22. The van der Waals surface area contributed by atoms with Crippen molar-refractivity contribution in [2.75, 3.05) is 37.5 Å². The Morgan fingerprint density at radius 1 is 1.43 bits per heavy atom. The van der Waals surface area contributed by atoms with Crippen molar-refractivity contribution in [3.05, 3.63) is 23.8 Å². The summed E-state index contributed by atoms with van der Waals surface area (Å²) in [6.07, 6.45) is 0.395. The molecular formula is C15H22ClN3O3S. The van der Waals surface area contributed by atoms with Crippen LogP contribution in [0.15, 0.2) is 18.2 Å². The molecule has 2 rings (SSSR count). The number of halogens is 1. The SMILES string of the molecule is CNC(=O)c1cc(OC)ccc1NC(=O)CC1CSCCN1.Cl. The van der Waals surface area contributed by atoms with Crippen LogP contribution >= 0.6 is 24.2 Å². The van der Waals surface area contributed by atoms with Gasteiger partial charge in [-0.1, -0.05) is 0 Å². The highest BCUT2D eigenvalue weighted by molar-refractivity contribution is 7.99. The standard InChI is InChI=1S/C15H21N3O3S.ClH/c1-16-15(20)12-8-11(21-2)3-4-13(12)18-14(19)7-10-9-22-6-5-17-10;/h3-4,8,10,17H,5-7,9H2,1-2H3,(H,16,20)(H,18,19);1H. The molecule has 0 aliphatic carbocycles. The molecule has 0 bridgehead atoms. The van der Waals surface area contributed by atoms with E-state index in [1.54, 1.807) is 25.2 Å². The second kappa shape index (κ2) is 9.64. The fourth-order valence-electron chi connectivity index (χ4n) is 2.26. The fourth-order valence-corrected chi connectivity index (χ4v) is 3.21. The van der Waals surface area contributed by atoms with Gasteiger partial charge in [0.2, 0.25) is 5.91 Å².